The lowest BCUT2D eigenvalue weighted by Gasteiger charge is -2.18. The number of carbonyl (C=O) groups is 1. The molecule has 0 radical (unpaired) electrons. The van der Waals surface area contributed by atoms with E-state index < -0.39 is 28.7 Å². The summed E-state index contributed by atoms with van der Waals surface area (Å²) < 4.78 is 26.2. The SMILES string of the molecule is CC(C)(N)Cc1cc(F)c(F)c(C(=O)O)c1. The standard InChI is InChI=1S/C11H13F2NO2/c1-11(2,14)5-6-3-7(10(15)16)9(13)8(12)4-6/h3-4H,5,14H2,1-2H3,(H,15,16). The van der Waals surface area contributed by atoms with Crippen LogP contribution in [-0.2, 0) is 6.42 Å². The van der Waals surface area contributed by atoms with Crippen molar-refractivity contribution in [3.05, 3.63) is 34.9 Å². The molecule has 0 atom stereocenters. The van der Waals surface area contributed by atoms with Gasteiger partial charge in [-0.3, -0.25) is 0 Å². The van der Waals surface area contributed by atoms with Gasteiger partial charge in [0.15, 0.2) is 11.6 Å². The number of aromatic carboxylic acids is 1. The van der Waals surface area contributed by atoms with Crippen LogP contribution in [0.15, 0.2) is 12.1 Å². The van der Waals surface area contributed by atoms with E-state index in [9.17, 15) is 13.6 Å². The third-order valence-electron chi connectivity index (χ3n) is 1.98. The minimum absolute atomic E-state index is 0.268. The molecule has 0 aliphatic rings. The van der Waals surface area contributed by atoms with E-state index in [1.54, 1.807) is 13.8 Å². The molecule has 1 aromatic rings. The molecular weight excluding hydrogens is 216 g/mol. The third-order valence-corrected chi connectivity index (χ3v) is 1.98. The van der Waals surface area contributed by atoms with Gasteiger partial charge in [0, 0.05) is 5.54 Å². The summed E-state index contributed by atoms with van der Waals surface area (Å²) in [6.45, 7) is 3.43. The van der Waals surface area contributed by atoms with Crippen LogP contribution < -0.4 is 5.73 Å². The van der Waals surface area contributed by atoms with Crippen LogP contribution >= 0.6 is 0 Å². The molecule has 0 unspecified atom stereocenters. The van der Waals surface area contributed by atoms with E-state index in [2.05, 4.69) is 0 Å². The highest BCUT2D eigenvalue weighted by molar-refractivity contribution is 5.88. The Morgan fingerprint density at radius 2 is 2.00 bits per heavy atom. The number of carboxylic acids is 1. The quantitative estimate of drug-likeness (QED) is 0.832. The minimum Gasteiger partial charge on any atom is -0.478 e. The zero-order valence-corrected chi connectivity index (χ0v) is 9.05. The summed E-state index contributed by atoms with van der Waals surface area (Å²) >= 11 is 0. The second kappa shape index (κ2) is 4.17. The van der Waals surface area contributed by atoms with Crippen molar-refractivity contribution < 1.29 is 18.7 Å². The average Bonchev–Trinajstić information content (AvgIpc) is 2.07. The van der Waals surface area contributed by atoms with Gasteiger partial charge in [-0.05, 0) is 38.0 Å². The van der Waals surface area contributed by atoms with Crippen LogP contribution in [0.4, 0.5) is 8.78 Å². The van der Waals surface area contributed by atoms with E-state index in [1.165, 1.54) is 0 Å². The van der Waals surface area contributed by atoms with E-state index >= 15 is 0 Å². The molecule has 1 rings (SSSR count). The van der Waals surface area contributed by atoms with Gasteiger partial charge in [-0.25, -0.2) is 13.6 Å². The van der Waals surface area contributed by atoms with Gasteiger partial charge < -0.3 is 10.8 Å². The van der Waals surface area contributed by atoms with Crippen LogP contribution in [0, 0.1) is 11.6 Å². The van der Waals surface area contributed by atoms with Gasteiger partial charge in [0.2, 0.25) is 0 Å². The van der Waals surface area contributed by atoms with Gasteiger partial charge in [0.1, 0.15) is 0 Å². The Balaban J connectivity index is 3.19. The van der Waals surface area contributed by atoms with Gasteiger partial charge in [0.05, 0.1) is 5.56 Å². The molecule has 0 heterocycles. The number of nitrogens with two attached hydrogens (primary N) is 1. The van der Waals surface area contributed by atoms with Crippen LogP contribution in [0.25, 0.3) is 0 Å². The molecule has 0 saturated carbocycles. The van der Waals surface area contributed by atoms with Crippen LogP contribution in [0.1, 0.15) is 29.8 Å². The molecule has 0 aliphatic carbocycles. The van der Waals surface area contributed by atoms with Crippen LogP contribution in [0.3, 0.4) is 0 Å². The summed E-state index contributed by atoms with van der Waals surface area (Å²) in [6, 6.07) is 2.08. The van der Waals surface area contributed by atoms with Gasteiger partial charge in [0.25, 0.3) is 0 Å². The van der Waals surface area contributed by atoms with Crippen molar-refractivity contribution in [1.82, 2.24) is 0 Å². The largest absolute Gasteiger partial charge is 0.478 e. The maximum absolute atomic E-state index is 13.1. The molecule has 0 fully saturated rings. The fourth-order valence-electron chi connectivity index (χ4n) is 1.43. The van der Waals surface area contributed by atoms with Gasteiger partial charge >= 0.3 is 5.97 Å². The van der Waals surface area contributed by atoms with Crippen LogP contribution in [-0.4, -0.2) is 16.6 Å². The molecular formula is C11H13F2NO2. The molecule has 1 aromatic carbocycles. The summed E-state index contributed by atoms with van der Waals surface area (Å²) in [6.07, 6.45) is 0.268. The first kappa shape index (κ1) is 12.6. The summed E-state index contributed by atoms with van der Waals surface area (Å²) in [4.78, 5) is 10.7. The van der Waals surface area contributed by atoms with E-state index in [0.717, 1.165) is 12.1 Å². The summed E-state index contributed by atoms with van der Waals surface area (Å²) in [7, 11) is 0. The van der Waals surface area contributed by atoms with E-state index in [1.807, 2.05) is 0 Å². The molecule has 16 heavy (non-hydrogen) atoms. The Morgan fingerprint density at radius 1 is 1.44 bits per heavy atom. The average molecular weight is 229 g/mol. The first-order valence-corrected chi connectivity index (χ1v) is 4.71. The van der Waals surface area contributed by atoms with Crippen LogP contribution in [0.5, 0.6) is 0 Å². The topological polar surface area (TPSA) is 63.3 Å². The zero-order valence-electron chi connectivity index (χ0n) is 9.05. The van der Waals surface area contributed by atoms with Crippen LogP contribution in [0.2, 0.25) is 0 Å². The summed E-state index contributed by atoms with van der Waals surface area (Å²) in [5.74, 6) is -4.00. The van der Waals surface area contributed by atoms with Gasteiger partial charge in [-0.1, -0.05) is 0 Å². The van der Waals surface area contributed by atoms with Crippen molar-refractivity contribution in [1.29, 1.82) is 0 Å². The lowest BCUT2D eigenvalue weighted by Crippen LogP contribution is -2.34. The highest BCUT2D eigenvalue weighted by Crippen LogP contribution is 2.18. The number of hydrogen-bond acceptors (Lipinski definition) is 2. The highest BCUT2D eigenvalue weighted by atomic mass is 19.2. The molecule has 0 spiro atoms. The maximum atomic E-state index is 13.1. The van der Waals surface area contributed by atoms with Gasteiger partial charge in [-0.2, -0.15) is 0 Å². The molecule has 0 aliphatic heterocycles. The molecule has 88 valence electrons. The second-order valence-electron chi connectivity index (χ2n) is 4.41. The Labute approximate surface area is 91.9 Å². The van der Waals surface area contributed by atoms with Crippen molar-refractivity contribution in [2.45, 2.75) is 25.8 Å². The fourth-order valence-corrected chi connectivity index (χ4v) is 1.43. The summed E-state index contributed by atoms with van der Waals surface area (Å²) in [5, 5.41) is 8.67. The number of halogens is 2. The third kappa shape index (κ3) is 3.00. The van der Waals surface area contributed by atoms with E-state index in [4.69, 9.17) is 10.8 Å². The van der Waals surface area contributed by atoms with Crippen molar-refractivity contribution in [2.75, 3.05) is 0 Å². The number of carboxylic acid groups (broad SMARTS) is 1. The highest BCUT2D eigenvalue weighted by Gasteiger charge is 2.19. The lowest BCUT2D eigenvalue weighted by molar-refractivity contribution is 0.0690. The van der Waals surface area contributed by atoms with Crippen molar-refractivity contribution in [3.8, 4) is 0 Å². The predicted molar refractivity (Wildman–Crippen MR) is 55.3 cm³/mol. The Morgan fingerprint density at radius 3 is 2.44 bits per heavy atom. The smallest absolute Gasteiger partial charge is 0.338 e. The van der Waals surface area contributed by atoms with Crippen molar-refractivity contribution in [2.24, 2.45) is 5.73 Å². The maximum Gasteiger partial charge on any atom is 0.338 e. The van der Waals surface area contributed by atoms with Gasteiger partial charge in [-0.15, -0.1) is 0 Å². The minimum atomic E-state index is -1.49. The Hall–Kier alpha value is -1.49. The normalized spacial score (nSPS) is 11.6. The first-order valence-electron chi connectivity index (χ1n) is 4.71. The van der Waals surface area contributed by atoms with E-state index in [-0.39, 0.29) is 6.42 Å². The Kier molecular flexibility index (Phi) is 3.28. The van der Waals surface area contributed by atoms with Crippen molar-refractivity contribution >= 4 is 5.97 Å². The molecule has 0 bridgehead atoms. The zero-order chi connectivity index (χ0) is 12.5. The molecule has 0 aromatic heterocycles. The van der Waals surface area contributed by atoms with Crippen molar-refractivity contribution in [3.63, 3.8) is 0 Å². The monoisotopic (exact) mass is 229 g/mol. The molecule has 0 saturated heterocycles. The Bertz CT molecular complexity index is 425. The molecule has 3 N–H and O–H groups in total. The molecule has 0 amide bonds. The molecule has 3 nitrogen and oxygen atoms in total. The number of benzene rings is 1. The molecule has 5 heteroatoms. The number of hydrogen-bond donors (Lipinski definition) is 2. The number of rotatable bonds is 3. The first-order chi connectivity index (χ1) is 7.20. The second-order valence-corrected chi connectivity index (χ2v) is 4.41. The predicted octanol–water partition coefficient (Wildman–Crippen LogP) is 1.94. The van der Waals surface area contributed by atoms with E-state index in [0.29, 0.717) is 5.56 Å². The lowest BCUT2D eigenvalue weighted by atomic mass is 9.95. The fraction of sp³-hybridized carbons (Fsp3) is 0.364. The summed E-state index contributed by atoms with van der Waals surface area (Å²) in [5.41, 5.74) is 4.80.